The Bertz CT molecular complexity index is 1400. The number of aliphatic hydroxyl groups excluding tert-OH is 1. The molecule has 38 heavy (non-hydrogen) atoms. The summed E-state index contributed by atoms with van der Waals surface area (Å²) in [5.74, 6) is 0.613. The van der Waals surface area contributed by atoms with Crippen LogP contribution >= 0.6 is 11.6 Å². The summed E-state index contributed by atoms with van der Waals surface area (Å²) in [5, 5.41) is 11.5. The van der Waals surface area contributed by atoms with Crippen molar-refractivity contribution < 1.29 is 27.8 Å². The fraction of sp³-hybridized carbons (Fsp3) is 0.444. The number of fused-ring (bicyclic) bond motifs is 3. The quantitative estimate of drug-likeness (QED) is 0.342. The third kappa shape index (κ3) is 5.78. The maximum atomic E-state index is 12.9. The molecule has 1 saturated carbocycles. The number of nitrogens with one attached hydrogen (secondary N) is 2. The van der Waals surface area contributed by atoms with Gasteiger partial charge in [0.05, 0.1) is 24.6 Å². The highest BCUT2D eigenvalue weighted by molar-refractivity contribution is 7.90. The predicted octanol–water partition coefficient (Wildman–Crippen LogP) is 4.14. The van der Waals surface area contributed by atoms with Crippen LogP contribution in [0.4, 0.5) is 4.79 Å². The van der Waals surface area contributed by atoms with E-state index in [1.165, 1.54) is 0 Å². The third-order valence-electron chi connectivity index (χ3n) is 6.99. The van der Waals surface area contributed by atoms with E-state index in [0.717, 1.165) is 27.7 Å². The largest absolute Gasteiger partial charge is 0.493 e. The van der Waals surface area contributed by atoms with Crippen LogP contribution in [0.25, 0.3) is 10.9 Å². The summed E-state index contributed by atoms with van der Waals surface area (Å²) in [5.41, 5.74) is 3.94. The number of aliphatic hydroxyl groups is 1. The van der Waals surface area contributed by atoms with Crippen molar-refractivity contribution in [1.82, 2.24) is 14.6 Å². The second-order valence-electron chi connectivity index (χ2n) is 9.70. The van der Waals surface area contributed by atoms with E-state index in [4.69, 9.17) is 21.1 Å². The zero-order valence-electron chi connectivity index (χ0n) is 21.2. The number of carbonyl (C=O) groups is 1. The molecule has 11 heteroatoms. The number of sulfonamides is 1. The summed E-state index contributed by atoms with van der Waals surface area (Å²) < 4.78 is 37.4. The van der Waals surface area contributed by atoms with E-state index in [-0.39, 0.29) is 43.6 Å². The monoisotopic (exact) mass is 561 g/mol. The van der Waals surface area contributed by atoms with Crippen LogP contribution in [0.5, 0.6) is 5.75 Å². The molecule has 1 amide bonds. The van der Waals surface area contributed by atoms with Crippen molar-refractivity contribution in [2.24, 2.45) is 0 Å². The molecule has 1 aliphatic heterocycles. The van der Waals surface area contributed by atoms with Crippen molar-refractivity contribution in [3.63, 3.8) is 0 Å². The Morgan fingerprint density at radius 2 is 2.00 bits per heavy atom. The molecular formula is C27H32ClN3O6S. The standard InChI is InChI=1S/C27H32ClN3O6S/c1-2-36-27(33)31-13-11-22-23-15-18(28)5-10-24(23)30-25(22)26(31)17-3-6-20(7-4-17)37-14-12-19(32)16-29-38(34,35)21-8-9-21/h3-7,10,15,19,21,26,29-30,32H,2,8-9,11-14,16H2,1H3/t19?,26-/m0/s1. The second kappa shape index (κ2) is 11.1. The Morgan fingerprint density at radius 1 is 1.24 bits per heavy atom. The minimum absolute atomic E-state index is 0.0233. The van der Waals surface area contributed by atoms with Gasteiger partial charge in [-0.1, -0.05) is 23.7 Å². The summed E-state index contributed by atoms with van der Waals surface area (Å²) in [6, 6.07) is 12.9. The molecule has 0 saturated heterocycles. The molecule has 2 aromatic carbocycles. The first-order valence-electron chi connectivity index (χ1n) is 12.9. The topological polar surface area (TPSA) is 121 Å². The molecular weight excluding hydrogens is 530 g/mol. The molecule has 0 bridgehead atoms. The van der Waals surface area contributed by atoms with Gasteiger partial charge in [-0.3, -0.25) is 4.90 Å². The van der Waals surface area contributed by atoms with Crippen LogP contribution in [0.15, 0.2) is 42.5 Å². The lowest BCUT2D eigenvalue weighted by Crippen LogP contribution is -2.40. The molecule has 1 aromatic heterocycles. The van der Waals surface area contributed by atoms with E-state index >= 15 is 0 Å². The highest BCUT2D eigenvalue weighted by atomic mass is 35.5. The van der Waals surface area contributed by atoms with Crippen LogP contribution in [-0.4, -0.2) is 67.2 Å². The molecule has 5 rings (SSSR count). The summed E-state index contributed by atoms with van der Waals surface area (Å²) in [6.07, 6.45) is 1.13. The Balaban J connectivity index is 1.28. The van der Waals surface area contributed by atoms with Gasteiger partial charge in [-0.25, -0.2) is 17.9 Å². The SMILES string of the molecule is CCOC(=O)N1CCc2c([nH]c3ccc(Cl)cc23)[C@@H]1c1ccc(OCCC(O)CNS(=O)(=O)C2CC2)cc1. The predicted molar refractivity (Wildman–Crippen MR) is 145 cm³/mol. The first-order chi connectivity index (χ1) is 18.3. The molecule has 1 fully saturated rings. The van der Waals surface area contributed by atoms with Gasteiger partial charge in [0.1, 0.15) is 11.8 Å². The Labute approximate surface area is 227 Å². The maximum Gasteiger partial charge on any atom is 0.410 e. The number of H-pyrrole nitrogens is 1. The van der Waals surface area contributed by atoms with Crippen molar-refractivity contribution in [2.45, 2.75) is 50.0 Å². The van der Waals surface area contributed by atoms with Gasteiger partial charge in [0.15, 0.2) is 0 Å². The minimum Gasteiger partial charge on any atom is -0.493 e. The van der Waals surface area contributed by atoms with Gasteiger partial charge in [0, 0.05) is 41.1 Å². The number of benzene rings is 2. The zero-order chi connectivity index (χ0) is 26.9. The van der Waals surface area contributed by atoms with E-state index in [1.54, 1.807) is 11.8 Å². The fourth-order valence-electron chi connectivity index (χ4n) is 4.88. The van der Waals surface area contributed by atoms with Crippen LogP contribution < -0.4 is 9.46 Å². The fourth-order valence-corrected chi connectivity index (χ4v) is 6.47. The number of halogens is 1. The molecule has 2 heterocycles. The van der Waals surface area contributed by atoms with Crippen LogP contribution in [0.3, 0.4) is 0 Å². The van der Waals surface area contributed by atoms with E-state index in [2.05, 4.69) is 9.71 Å². The molecule has 204 valence electrons. The number of aromatic nitrogens is 1. The number of nitrogens with zero attached hydrogens (tertiary/aromatic N) is 1. The highest BCUT2D eigenvalue weighted by Crippen LogP contribution is 2.39. The lowest BCUT2D eigenvalue weighted by molar-refractivity contribution is 0.0932. The first-order valence-corrected chi connectivity index (χ1v) is 14.8. The lowest BCUT2D eigenvalue weighted by atomic mass is 9.92. The van der Waals surface area contributed by atoms with Crippen molar-refractivity contribution >= 4 is 38.6 Å². The number of hydrogen-bond acceptors (Lipinski definition) is 6. The second-order valence-corrected chi connectivity index (χ2v) is 12.2. The zero-order valence-corrected chi connectivity index (χ0v) is 22.7. The summed E-state index contributed by atoms with van der Waals surface area (Å²) in [7, 11) is -3.32. The highest BCUT2D eigenvalue weighted by Gasteiger charge is 2.36. The van der Waals surface area contributed by atoms with Crippen LogP contribution in [-0.2, 0) is 21.2 Å². The van der Waals surface area contributed by atoms with Gasteiger partial charge in [0.25, 0.3) is 0 Å². The Morgan fingerprint density at radius 3 is 2.71 bits per heavy atom. The number of amides is 1. The number of aromatic amines is 1. The molecule has 0 radical (unpaired) electrons. The molecule has 3 aromatic rings. The third-order valence-corrected chi connectivity index (χ3v) is 9.14. The number of carbonyl (C=O) groups excluding carboxylic acids is 1. The summed E-state index contributed by atoms with van der Waals surface area (Å²) in [4.78, 5) is 18.1. The van der Waals surface area contributed by atoms with E-state index in [0.29, 0.717) is 36.6 Å². The Hall–Kier alpha value is -2.79. The molecule has 9 nitrogen and oxygen atoms in total. The number of ether oxygens (including phenoxy) is 2. The molecule has 3 N–H and O–H groups in total. The van der Waals surface area contributed by atoms with E-state index in [9.17, 15) is 18.3 Å². The summed E-state index contributed by atoms with van der Waals surface area (Å²) in [6.45, 7) is 2.80. The molecule has 1 aliphatic carbocycles. The first kappa shape index (κ1) is 26.8. The molecule has 1 unspecified atom stereocenters. The van der Waals surface area contributed by atoms with Crippen molar-refractivity contribution in [2.75, 3.05) is 26.3 Å². The van der Waals surface area contributed by atoms with Gasteiger partial charge >= 0.3 is 6.09 Å². The van der Waals surface area contributed by atoms with Gasteiger partial charge in [0.2, 0.25) is 10.0 Å². The van der Waals surface area contributed by atoms with Crippen molar-refractivity contribution in [3.8, 4) is 5.75 Å². The Kier molecular flexibility index (Phi) is 7.85. The molecule has 0 spiro atoms. The summed E-state index contributed by atoms with van der Waals surface area (Å²) >= 11 is 6.26. The minimum atomic E-state index is -3.32. The average molecular weight is 562 g/mol. The van der Waals surface area contributed by atoms with E-state index < -0.39 is 16.1 Å². The smallest absolute Gasteiger partial charge is 0.410 e. The average Bonchev–Trinajstić information content (AvgIpc) is 3.70. The van der Waals surface area contributed by atoms with Crippen LogP contribution in [0.1, 0.15) is 49.0 Å². The maximum absolute atomic E-state index is 12.9. The van der Waals surface area contributed by atoms with Crippen molar-refractivity contribution in [1.29, 1.82) is 0 Å². The molecule has 2 aliphatic rings. The lowest BCUT2D eigenvalue weighted by Gasteiger charge is -2.35. The van der Waals surface area contributed by atoms with Gasteiger partial charge in [-0.05, 0) is 67.6 Å². The van der Waals surface area contributed by atoms with Crippen LogP contribution in [0.2, 0.25) is 5.02 Å². The van der Waals surface area contributed by atoms with E-state index in [1.807, 2.05) is 42.5 Å². The molecule has 2 atom stereocenters. The van der Waals surface area contributed by atoms with Gasteiger partial charge < -0.3 is 19.6 Å². The number of rotatable bonds is 10. The van der Waals surface area contributed by atoms with Gasteiger partial charge in [-0.2, -0.15) is 0 Å². The van der Waals surface area contributed by atoms with Crippen molar-refractivity contribution in [3.05, 3.63) is 64.3 Å². The van der Waals surface area contributed by atoms with Crippen LogP contribution in [0, 0.1) is 0 Å². The number of hydrogen-bond donors (Lipinski definition) is 3. The normalized spacial score (nSPS) is 18.3. The van der Waals surface area contributed by atoms with Gasteiger partial charge in [-0.15, -0.1) is 0 Å².